The van der Waals surface area contributed by atoms with Gasteiger partial charge in [-0.1, -0.05) is 80.1 Å². The normalized spacial score (nSPS) is 17.4. The summed E-state index contributed by atoms with van der Waals surface area (Å²) in [5, 5.41) is 4.68. The minimum Gasteiger partial charge on any atom is -0.317 e. The lowest BCUT2D eigenvalue weighted by Gasteiger charge is -2.11. The van der Waals surface area contributed by atoms with Crippen molar-refractivity contribution in [2.24, 2.45) is 0 Å². The molecule has 1 atom stereocenters. The Morgan fingerprint density at radius 1 is 1.05 bits per heavy atom. The van der Waals surface area contributed by atoms with Crippen molar-refractivity contribution in [1.29, 1.82) is 0 Å². The van der Waals surface area contributed by atoms with Gasteiger partial charge in [0.15, 0.2) is 0 Å². The molecule has 0 bridgehead atoms. The van der Waals surface area contributed by atoms with E-state index < -0.39 is 0 Å². The standard InChI is InChI=1S/C13H16Si.C4H11N/c1-2-11-7-6-10-13(11)14-12-8-4-3-5-9-12;1-3-5-4-2/h3-10,13H,2,14H2,1H3;5H,3-4H2,1-2H3. The molecule has 0 aliphatic heterocycles. The molecule has 19 heavy (non-hydrogen) atoms. The quantitative estimate of drug-likeness (QED) is 0.814. The van der Waals surface area contributed by atoms with Crippen molar-refractivity contribution < 1.29 is 0 Å². The molecule has 0 aromatic heterocycles. The van der Waals surface area contributed by atoms with E-state index in [1.165, 1.54) is 6.42 Å². The van der Waals surface area contributed by atoms with Crippen molar-refractivity contribution in [2.75, 3.05) is 13.1 Å². The Balaban J connectivity index is 0.000000312. The first kappa shape index (κ1) is 15.9. The third-order valence-electron chi connectivity index (χ3n) is 3.34. The van der Waals surface area contributed by atoms with Crippen LogP contribution in [0, 0.1) is 0 Å². The minimum atomic E-state index is -0.148. The Morgan fingerprint density at radius 3 is 2.26 bits per heavy atom. The molecule has 2 rings (SSSR count). The molecule has 0 saturated carbocycles. The Labute approximate surface area is 120 Å². The number of nitrogens with one attached hydrogen (secondary N) is 1. The van der Waals surface area contributed by atoms with Crippen LogP contribution in [0.5, 0.6) is 0 Å². The van der Waals surface area contributed by atoms with Crippen molar-refractivity contribution in [1.82, 2.24) is 5.32 Å². The molecule has 1 unspecified atom stereocenters. The highest BCUT2D eigenvalue weighted by Gasteiger charge is 2.13. The molecule has 104 valence electrons. The molecular formula is C17H27NSi. The van der Waals surface area contributed by atoms with Crippen LogP contribution in [0.25, 0.3) is 0 Å². The highest BCUT2D eigenvalue weighted by molar-refractivity contribution is 6.56. The van der Waals surface area contributed by atoms with Gasteiger partial charge >= 0.3 is 0 Å². The van der Waals surface area contributed by atoms with E-state index in [9.17, 15) is 0 Å². The Kier molecular flexibility index (Phi) is 8.19. The first-order chi connectivity index (χ1) is 9.31. The highest BCUT2D eigenvalue weighted by atomic mass is 28.2. The molecular weight excluding hydrogens is 246 g/mol. The molecule has 0 fully saturated rings. The molecule has 0 radical (unpaired) electrons. The van der Waals surface area contributed by atoms with Gasteiger partial charge in [-0.2, -0.15) is 0 Å². The number of rotatable bonds is 5. The van der Waals surface area contributed by atoms with Crippen LogP contribution in [0.3, 0.4) is 0 Å². The van der Waals surface area contributed by atoms with Crippen LogP contribution >= 0.6 is 0 Å². The summed E-state index contributed by atoms with van der Waals surface area (Å²) in [6.45, 7) is 8.64. The van der Waals surface area contributed by atoms with Gasteiger partial charge < -0.3 is 5.32 Å². The van der Waals surface area contributed by atoms with Crippen molar-refractivity contribution in [2.45, 2.75) is 32.7 Å². The van der Waals surface area contributed by atoms with Gasteiger partial charge in [0.25, 0.3) is 0 Å². The Bertz CT molecular complexity index is 393. The van der Waals surface area contributed by atoms with Gasteiger partial charge in [0.2, 0.25) is 0 Å². The van der Waals surface area contributed by atoms with Gasteiger partial charge in [-0.25, -0.2) is 0 Å². The summed E-state index contributed by atoms with van der Waals surface area (Å²) in [6, 6.07) is 10.9. The van der Waals surface area contributed by atoms with Gasteiger partial charge in [-0.3, -0.25) is 0 Å². The lowest BCUT2D eigenvalue weighted by atomic mass is 10.2. The first-order valence-electron chi connectivity index (χ1n) is 7.43. The molecule has 1 aromatic carbocycles. The number of allylic oxidation sites excluding steroid dienone is 4. The molecule has 1 aliphatic rings. The lowest BCUT2D eigenvalue weighted by Crippen LogP contribution is -2.18. The maximum Gasteiger partial charge on any atom is 0.0667 e. The largest absolute Gasteiger partial charge is 0.317 e. The summed E-state index contributed by atoms with van der Waals surface area (Å²) in [5.41, 5.74) is 2.41. The van der Waals surface area contributed by atoms with E-state index in [0.29, 0.717) is 0 Å². The van der Waals surface area contributed by atoms with Gasteiger partial charge in [-0.05, 0) is 25.1 Å². The van der Waals surface area contributed by atoms with Crippen molar-refractivity contribution in [3.63, 3.8) is 0 Å². The van der Waals surface area contributed by atoms with E-state index in [1.807, 2.05) is 0 Å². The Hall–Kier alpha value is -1.12. The second-order valence-corrected chi connectivity index (χ2v) is 6.84. The van der Waals surface area contributed by atoms with E-state index in [1.54, 1.807) is 10.8 Å². The summed E-state index contributed by atoms with van der Waals surface area (Å²) in [7, 11) is -0.148. The molecule has 0 saturated heterocycles. The number of hydrogen-bond donors (Lipinski definition) is 1. The summed E-state index contributed by atoms with van der Waals surface area (Å²) in [6.07, 6.45) is 8.09. The third kappa shape index (κ3) is 6.04. The van der Waals surface area contributed by atoms with Crippen LogP contribution in [0.1, 0.15) is 27.2 Å². The molecule has 1 nitrogen and oxygen atoms in total. The maximum absolute atomic E-state index is 3.11. The zero-order valence-corrected chi connectivity index (χ0v) is 13.9. The SMILES string of the molecule is CCC1=CC=CC1[SiH2]c1ccccc1.CCNCC. The molecule has 1 aromatic rings. The molecule has 0 spiro atoms. The number of hydrogen-bond acceptors (Lipinski definition) is 1. The fourth-order valence-corrected chi connectivity index (χ4v) is 4.29. The highest BCUT2D eigenvalue weighted by Crippen LogP contribution is 2.26. The van der Waals surface area contributed by atoms with Crippen LogP contribution in [0.4, 0.5) is 0 Å². The fraction of sp³-hybridized carbons (Fsp3) is 0.412. The summed E-state index contributed by atoms with van der Waals surface area (Å²) < 4.78 is 0. The summed E-state index contributed by atoms with van der Waals surface area (Å²) >= 11 is 0. The molecule has 0 heterocycles. The maximum atomic E-state index is 3.11. The lowest BCUT2D eigenvalue weighted by molar-refractivity contribution is 0.762. The topological polar surface area (TPSA) is 12.0 Å². The zero-order chi connectivity index (χ0) is 13.9. The predicted molar refractivity (Wildman–Crippen MR) is 90.1 cm³/mol. The smallest absolute Gasteiger partial charge is 0.0667 e. The fourth-order valence-electron chi connectivity index (χ4n) is 2.26. The van der Waals surface area contributed by atoms with Crippen LogP contribution in [0.2, 0.25) is 5.54 Å². The average Bonchev–Trinajstić information content (AvgIpc) is 2.89. The monoisotopic (exact) mass is 273 g/mol. The summed E-state index contributed by atoms with van der Waals surface area (Å²) in [5.74, 6) is 0. The van der Waals surface area contributed by atoms with Crippen molar-refractivity contribution in [3.8, 4) is 0 Å². The van der Waals surface area contributed by atoms with Gasteiger partial charge in [0.1, 0.15) is 0 Å². The van der Waals surface area contributed by atoms with Gasteiger partial charge in [0, 0.05) is 0 Å². The first-order valence-corrected chi connectivity index (χ1v) is 8.96. The minimum absolute atomic E-state index is 0.148. The molecule has 0 amide bonds. The van der Waals surface area contributed by atoms with Crippen LogP contribution in [-0.2, 0) is 0 Å². The van der Waals surface area contributed by atoms with E-state index in [0.717, 1.165) is 18.6 Å². The van der Waals surface area contributed by atoms with Crippen LogP contribution in [-0.4, -0.2) is 22.6 Å². The van der Waals surface area contributed by atoms with E-state index in [4.69, 9.17) is 0 Å². The predicted octanol–water partition coefficient (Wildman–Crippen LogP) is 2.79. The van der Waals surface area contributed by atoms with E-state index in [-0.39, 0.29) is 9.52 Å². The van der Waals surface area contributed by atoms with E-state index >= 15 is 0 Å². The third-order valence-corrected chi connectivity index (χ3v) is 5.52. The van der Waals surface area contributed by atoms with Crippen LogP contribution < -0.4 is 10.5 Å². The summed E-state index contributed by atoms with van der Waals surface area (Å²) in [4.78, 5) is 0. The van der Waals surface area contributed by atoms with Gasteiger partial charge in [-0.15, -0.1) is 0 Å². The second kappa shape index (κ2) is 9.76. The average molecular weight is 273 g/mol. The van der Waals surface area contributed by atoms with Crippen LogP contribution in [0.15, 0.2) is 54.1 Å². The van der Waals surface area contributed by atoms with Crippen molar-refractivity contribution >= 4 is 14.7 Å². The molecule has 2 heteroatoms. The number of benzene rings is 1. The van der Waals surface area contributed by atoms with Crippen molar-refractivity contribution in [3.05, 3.63) is 54.1 Å². The van der Waals surface area contributed by atoms with Gasteiger partial charge in [0.05, 0.1) is 9.52 Å². The molecule has 1 N–H and O–H groups in total. The van der Waals surface area contributed by atoms with E-state index in [2.05, 4.69) is 74.6 Å². The Morgan fingerprint density at radius 2 is 1.74 bits per heavy atom. The zero-order valence-electron chi connectivity index (χ0n) is 12.5. The second-order valence-electron chi connectivity index (χ2n) is 4.73. The molecule has 1 aliphatic carbocycles.